The zero-order valence-corrected chi connectivity index (χ0v) is 13.2. The fourth-order valence-electron chi connectivity index (χ4n) is 2.54. The molecule has 0 aliphatic carbocycles. The van der Waals surface area contributed by atoms with Crippen molar-refractivity contribution in [2.24, 2.45) is 0 Å². The molecule has 1 fully saturated rings. The molecule has 7 heteroatoms. The summed E-state index contributed by atoms with van der Waals surface area (Å²) in [6.45, 7) is 0.978. The third-order valence-corrected chi connectivity index (χ3v) is 5.68. The largest absolute Gasteiger partial charge is 0.281 e. The Labute approximate surface area is 131 Å². The molecule has 1 aliphatic heterocycles. The third kappa shape index (κ3) is 4.26. The molecule has 0 bridgehead atoms. The van der Waals surface area contributed by atoms with Crippen LogP contribution in [0.1, 0.15) is 12.0 Å². The summed E-state index contributed by atoms with van der Waals surface area (Å²) >= 11 is 0. The van der Waals surface area contributed by atoms with Gasteiger partial charge in [-0.15, -0.1) is 0 Å². The van der Waals surface area contributed by atoms with Crippen molar-refractivity contribution in [3.63, 3.8) is 0 Å². The fraction of sp³-hybridized carbons (Fsp3) is 0.533. The van der Waals surface area contributed by atoms with E-state index in [1.54, 1.807) is 0 Å². The minimum absolute atomic E-state index is 0.00375. The Balaban J connectivity index is 2.01. The van der Waals surface area contributed by atoms with Crippen molar-refractivity contribution < 1.29 is 12.8 Å². The van der Waals surface area contributed by atoms with E-state index in [1.807, 2.05) is 35.2 Å². The Morgan fingerprint density at radius 2 is 2.00 bits per heavy atom. The molecule has 1 aliphatic rings. The zero-order valence-electron chi connectivity index (χ0n) is 12.4. The average Bonchev–Trinajstić information content (AvgIpc) is 2.54. The molecule has 0 radical (unpaired) electrons. The Bertz CT molecular complexity index is 615. The van der Waals surface area contributed by atoms with Gasteiger partial charge in [0.05, 0.1) is 18.5 Å². The molecule has 120 valence electrons. The van der Waals surface area contributed by atoms with E-state index in [2.05, 4.69) is 6.07 Å². The van der Waals surface area contributed by atoms with Crippen LogP contribution in [0.25, 0.3) is 0 Å². The zero-order chi connectivity index (χ0) is 16.0. The molecule has 0 amide bonds. The molecule has 22 heavy (non-hydrogen) atoms. The van der Waals surface area contributed by atoms with Gasteiger partial charge in [-0.25, -0.2) is 8.42 Å². The lowest BCUT2D eigenvalue weighted by molar-refractivity contribution is 0.142. The maximum atomic E-state index is 12.2. The maximum absolute atomic E-state index is 12.2. The SMILES string of the molecule is N#CC1CN(S(=O)(=O)CCCF)CCN1Cc1ccccc1. The number of hydrogen-bond donors (Lipinski definition) is 0. The summed E-state index contributed by atoms with van der Waals surface area (Å²) in [6, 6.07) is 11.5. The van der Waals surface area contributed by atoms with Crippen LogP contribution in [0.2, 0.25) is 0 Å². The molecule has 0 spiro atoms. The normalized spacial score (nSPS) is 20.6. The van der Waals surface area contributed by atoms with Crippen LogP contribution in [-0.4, -0.2) is 55.7 Å². The highest BCUT2D eigenvalue weighted by Gasteiger charge is 2.32. The van der Waals surface area contributed by atoms with Crippen LogP contribution in [0.5, 0.6) is 0 Å². The number of alkyl halides is 1. The molecule has 5 nitrogen and oxygen atoms in total. The molecular weight excluding hydrogens is 305 g/mol. The van der Waals surface area contributed by atoms with E-state index in [4.69, 9.17) is 0 Å². The molecule has 1 saturated heterocycles. The fourth-order valence-corrected chi connectivity index (χ4v) is 4.00. The second kappa shape index (κ2) is 7.68. The number of nitrogens with zero attached hydrogens (tertiary/aromatic N) is 3. The molecule has 2 rings (SSSR count). The quantitative estimate of drug-likeness (QED) is 0.793. The molecule has 1 heterocycles. The van der Waals surface area contributed by atoms with Crippen molar-refractivity contribution in [2.45, 2.75) is 19.0 Å². The van der Waals surface area contributed by atoms with Gasteiger partial charge in [-0.3, -0.25) is 9.29 Å². The van der Waals surface area contributed by atoms with Crippen molar-refractivity contribution in [2.75, 3.05) is 32.1 Å². The van der Waals surface area contributed by atoms with Crippen LogP contribution in [0, 0.1) is 11.3 Å². The van der Waals surface area contributed by atoms with E-state index < -0.39 is 22.7 Å². The van der Waals surface area contributed by atoms with Gasteiger partial charge in [0.15, 0.2) is 0 Å². The van der Waals surface area contributed by atoms with Crippen molar-refractivity contribution >= 4 is 10.0 Å². The van der Waals surface area contributed by atoms with Gasteiger partial charge in [0.25, 0.3) is 0 Å². The number of benzene rings is 1. The summed E-state index contributed by atoms with van der Waals surface area (Å²) in [5.74, 6) is -0.194. The van der Waals surface area contributed by atoms with Crippen molar-refractivity contribution in [1.29, 1.82) is 5.26 Å². The summed E-state index contributed by atoms with van der Waals surface area (Å²) in [5.41, 5.74) is 1.09. The van der Waals surface area contributed by atoms with E-state index in [9.17, 15) is 18.1 Å². The smallest absolute Gasteiger partial charge is 0.214 e. The van der Waals surface area contributed by atoms with Crippen LogP contribution in [0.4, 0.5) is 4.39 Å². The lowest BCUT2D eigenvalue weighted by Gasteiger charge is -2.37. The minimum atomic E-state index is -3.47. The lowest BCUT2D eigenvalue weighted by atomic mass is 10.1. The monoisotopic (exact) mass is 325 g/mol. The van der Waals surface area contributed by atoms with E-state index in [0.29, 0.717) is 19.6 Å². The summed E-state index contributed by atoms with van der Waals surface area (Å²) in [4.78, 5) is 1.98. The Morgan fingerprint density at radius 1 is 1.27 bits per heavy atom. The molecule has 0 N–H and O–H groups in total. The number of hydrogen-bond acceptors (Lipinski definition) is 4. The van der Waals surface area contributed by atoms with Gasteiger partial charge in [-0.1, -0.05) is 30.3 Å². The van der Waals surface area contributed by atoms with E-state index in [0.717, 1.165) is 5.56 Å². The Morgan fingerprint density at radius 3 is 2.64 bits per heavy atom. The predicted molar refractivity (Wildman–Crippen MR) is 82.2 cm³/mol. The lowest BCUT2D eigenvalue weighted by Crippen LogP contribution is -2.54. The second-order valence-corrected chi connectivity index (χ2v) is 7.41. The minimum Gasteiger partial charge on any atom is -0.281 e. The predicted octanol–water partition coefficient (Wildman–Crippen LogP) is 1.39. The first kappa shape index (κ1) is 16.9. The van der Waals surface area contributed by atoms with E-state index in [-0.39, 0.29) is 18.7 Å². The van der Waals surface area contributed by atoms with E-state index >= 15 is 0 Å². The summed E-state index contributed by atoms with van der Waals surface area (Å²) in [6.07, 6.45) is 0.00375. The number of piperazine rings is 1. The van der Waals surface area contributed by atoms with E-state index in [1.165, 1.54) is 4.31 Å². The number of halogens is 1. The van der Waals surface area contributed by atoms with Gasteiger partial charge >= 0.3 is 0 Å². The average molecular weight is 325 g/mol. The highest BCUT2D eigenvalue weighted by Crippen LogP contribution is 2.17. The summed E-state index contributed by atoms with van der Waals surface area (Å²) in [7, 11) is -3.47. The second-order valence-electron chi connectivity index (χ2n) is 5.32. The van der Waals surface area contributed by atoms with Gasteiger partial charge < -0.3 is 0 Å². The van der Waals surface area contributed by atoms with Crippen LogP contribution >= 0.6 is 0 Å². The van der Waals surface area contributed by atoms with Crippen molar-refractivity contribution in [3.8, 4) is 6.07 Å². The van der Waals surface area contributed by atoms with Crippen LogP contribution in [0.3, 0.4) is 0 Å². The van der Waals surface area contributed by atoms with Crippen molar-refractivity contribution in [3.05, 3.63) is 35.9 Å². The number of nitriles is 1. The van der Waals surface area contributed by atoms with Gasteiger partial charge in [0.1, 0.15) is 6.04 Å². The van der Waals surface area contributed by atoms with Crippen LogP contribution in [-0.2, 0) is 16.6 Å². The highest BCUT2D eigenvalue weighted by atomic mass is 32.2. The molecule has 0 saturated carbocycles. The topological polar surface area (TPSA) is 64.4 Å². The standard InChI is InChI=1S/C15H20FN3O2S/c16-7-4-10-22(20,21)19-9-8-18(15(11-17)13-19)12-14-5-2-1-3-6-14/h1-3,5-6,15H,4,7-10,12-13H2. The van der Waals surface area contributed by atoms with Gasteiger partial charge in [-0.2, -0.15) is 9.57 Å². The van der Waals surface area contributed by atoms with Crippen molar-refractivity contribution in [1.82, 2.24) is 9.21 Å². The third-order valence-electron chi connectivity index (χ3n) is 3.76. The number of sulfonamides is 1. The van der Waals surface area contributed by atoms with Crippen LogP contribution < -0.4 is 0 Å². The molecule has 0 aromatic heterocycles. The summed E-state index contributed by atoms with van der Waals surface area (Å²) in [5, 5.41) is 9.33. The first-order valence-corrected chi connectivity index (χ1v) is 8.89. The Hall–Kier alpha value is -1.49. The molecular formula is C15H20FN3O2S. The first-order valence-electron chi connectivity index (χ1n) is 7.28. The van der Waals surface area contributed by atoms with Gasteiger partial charge in [0, 0.05) is 26.2 Å². The summed E-state index contributed by atoms with van der Waals surface area (Å²) < 4.78 is 37.7. The van der Waals surface area contributed by atoms with Crippen LogP contribution in [0.15, 0.2) is 30.3 Å². The molecule has 1 unspecified atom stereocenters. The maximum Gasteiger partial charge on any atom is 0.214 e. The van der Waals surface area contributed by atoms with Gasteiger partial charge in [-0.05, 0) is 12.0 Å². The highest BCUT2D eigenvalue weighted by molar-refractivity contribution is 7.89. The molecule has 1 aromatic carbocycles. The Kier molecular flexibility index (Phi) is 5.89. The molecule has 1 atom stereocenters. The first-order chi connectivity index (χ1) is 10.6. The molecule has 1 aromatic rings. The number of rotatable bonds is 6. The van der Waals surface area contributed by atoms with Gasteiger partial charge in [0.2, 0.25) is 10.0 Å².